The molecule has 0 unspecified atom stereocenters. The Balaban J connectivity index is 0.00000196. The summed E-state index contributed by atoms with van der Waals surface area (Å²) in [5, 5.41) is 8.72. The van der Waals surface area contributed by atoms with Crippen LogP contribution in [-0.2, 0) is 13.0 Å². The van der Waals surface area contributed by atoms with E-state index < -0.39 is 5.97 Å². The summed E-state index contributed by atoms with van der Waals surface area (Å²) in [6.45, 7) is 4.41. The van der Waals surface area contributed by atoms with Crippen molar-refractivity contribution in [3.63, 3.8) is 0 Å². The largest absolute Gasteiger partial charge is 1.00 e. The topological polar surface area (TPSA) is 76.5 Å². The molecule has 0 aliphatic carbocycles. The Morgan fingerprint density at radius 3 is 2.60 bits per heavy atom. The summed E-state index contributed by atoms with van der Waals surface area (Å²) in [6.07, 6.45) is 0.722. The fourth-order valence-electron chi connectivity index (χ4n) is 1.29. The van der Waals surface area contributed by atoms with Gasteiger partial charge in [0.05, 0.1) is 0 Å². The van der Waals surface area contributed by atoms with E-state index in [9.17, 15) is 4.79 Å². The molecule has 1 heterocycles. The van der Waals surface area contributed by atoms with E-state index in [-0.39, 0.29) is 18.2 Å². The standard InChI is InChI=1S/C10H15NO3.ClH/c1-6(2)3-8-7(5-11)4-9(14-8)10(12)13;/h4,6H,3,5,11H2,1-2H3,(H,12,13);1H/p-1. The van der Waals surface area contributed by atoms with Crippen molar-refractivity contribution in [3.8, 4) is 0 Å². The van der Waals surface area contributed by atoms with Gasteiger partial charge in [-0.3, -0.25) is 0 Å². The second-order valence-electron chi connectivity index (χ2n) is 3.67. The lowest BCUT2D eigenvalue weighted by molar-refractivity contribution is -0.0000187. The Labute approximate surface area is 94.9 Å². The van der Waals surface area contributed by atoms with Crippen molar-refractivity contribution in [1.82, 2.24) is 0 Å². The van der Waals surface area contributed by atoms with E-state index in [1.165, 1.54) is 6.07 Å². The van der Waals surface area contributed by atoms with Crippen LogP contribution in [0.1, 0.15) is 35.7 Å². The van der Waals surface area contributed by atoms with Gasteiger partial charge in [-0.05, 0) is 12.0 Å². The van der Waals surface area contributed by atoms with E-state index in [2.05, 4.69) is 0 Å². The van der Waals surface area contributed by atoms with Gasteiger partial charge in [0.15, 0.2) is 0 Å². The summed E-state index contributed by atoms with van der Waals surface area (Å²) in [5.74, 6) is 0.0452. The van der Waals surface area contributed by atoms with Crippen molar-refractivity contribution in [2.45, 2.75) is 26.8 Å². The third-order valence-electron chi connectivity index (χ3n) is 1.92. The molecule has 86 valence electrons. The van der Waals surface area contributed by atoms with Gasteiger partial charge >= 0.3 is 5.97 Å². The molecule has 0 saturated heterocycles. The maximum Gasteiger partial charge on any atom is 0.371 e. The van der Waals surface area contributed by atoms with E-state index in [1.807, 2.05) is 13.8 Å². The zero-order valence-electron chi connectivity index (χ0n) is 8.79. The summed E-state index contributed by atoms with van der Waals surface area (Å²) in [4.78, 5) is 10.6. The summed E-state index contributed by atoms with van der Waals surface area (Å²) in [5.41, 5.74) is 6.27. The van der Waals surface area contributed by atoms with Gasteiger partial charge < -0.3 is 27.7 Å². The Bertz CT molecular complexity index is 333. The van der Waals surface area contributed by atoms with Crippen molar-refractivity contribution in [2.24, 2.45) is 11.7 Å². The highest BCUT2D eigenvalue weighted by molar-refractivity contribution is 5.84. The number of carboxylic acids is 1. The molecule has 0 aliphatic heterocycles. The van der Waals surface area contributed by atoms with Gasteiger partial charge in [-0.2, -0.15) is 0 Å². The second-order valence-corrected chi connectivity index (χ2v) is 3.67. The van der Waals surface area contributed by atoms with E-state index >= 15 is 0 Å². The fourth-order valence-corrected chi connectivity index (χ4v) is 1.29. The lowest BCUT2D eigenvalue weighted by Gasteiger charge is -2.02. The van der Waals surface area contributed by atoms with Gasteiger partial charge in [-0.1, -0.05) is 13.8 Å². The highest BCUT2D eigenvalue weighted by Crippen LogP contribution is 2.18. The lowest BCUT2D eigenvalue weighted by Crippen LogP contribution is -3.00. The minimum absolute atomic E-state index is 0. The van der Waals surface area contributed by atoms with E-state index in [4.69, 9.17) is 15.3 Å². The first-order valence-corrected chi connectivity index (χ1v) is 4.59. The molecule has 0 spiro atoms. The predicted molar refractivity (Wildman–Crippen MR) is 52.1 cm³/mol. The number of hydrogen-bond acceptors (Lipinski definition) is 3. The average molecular weight is 233 g/mol. The Morgan fingerprint density at radius 2 is 2.20 bits per heavy atom. The SMILES string of the molecule is CC(C)Cc1oc(C(=O)O)cc1CN.[Cl-]. The normalized spacial score (nSPS) is 10.1. The molecule has 1 aromatic heterocycles. The number of nitrogens with two attached hydrogens (primary N) is 1. The van der Waals surface area contributed by atoms with Gasteiger partial charge in [-0.25, -0.2) is 4.79 Å². The molecule has 5 heteroatoms. The van der Waals surface area contributed by atoms with E-state index in [0.717, 1.165) is 12.0 Å². The first-order valence-electron chi connectivity index (χ1n) is 4.59. The van der Waals surface area contributed by atoms with Gasteiger partial charge in [-0.15, -0.1) is 0 Å². The maximum absolute atomic E-state index is 10.6. The molecule has 0 bridgehead atoms. The molecule has 0 amide bonds. The number of aromatic carboxylic acids is 1. The van der Waals surface area contributed by atoms with Gasteiger partial charge in [0.25, 0.3) is 0 Å². The quantitative estimate of drug-likeness (QED) is 0.672. The van der Waals surface area contributed by atoms with Gasteiger partial charge in [0, 0.05) is 18.5 Å². The molecule has 15 heavy (non-hydrogen) atoms. The molecular weight excluding hydrogens is 218 g/mol. The first kappa shape index (κ1) is 14.0. The average Bonchev–Trinajstić information content (AvgIpc) is 2.46. The predicted octanol–water partition coefficient (Wildman–Crippen LogP) is -1.36. The third-order valence-corrected chi connectivity index (χ3v) is 1.92. The van der Waals surface area contributed by atoms with Crippen LogP contribution in [-0.4, -0.2) is 11.1 Å². The molecule has 0 aromatic carbocycles. The maximum atomic E-state index is 10.6. The number of hydrogen-bond donors (Lipinski definition) is 2. The fraction of sp³-hybridized carbons (Fsp3) is 0.500. The Kier molecular flexibility index (Phi) is 5.39. The number of furan rings is 1. The van der Waals surface area contributed by atoms with Crippen LogP contribution < -0.4 is 18.1 Å². The minimum atomic E-state index is -1.05. The number of carbonyl (C=O) groups is 1. The zero-order valence-corrected chi connectivity index (χ0v) is 9.54. The molecule has 0 radical (unpaired) electrons. The van der Waals surface area contributed by atoms with Crippen molar-refractivity contribution in [1.29, 1.82) is 0 Å². The van der Waals surface area contributed by atoms with Gasteiger partial charge in [0.1, 0.15) is 5.76 Å². The first-order chi connectivity index (χ1) is 6.54. The molecular formula is C10H15ClNO3-. The van der Waals surface area contributed by atoms with E-state index in [0.29, 0.717) is 18.2 Å². The van der Waals surface area contributed by atoms with Gasteiger partial charge in [0.2, 0.25) is 5.76 Å². The van der Waals surface area contributed by atoms with Crippen LogP contribution in [0.15, 0.2) is 10.5 Å². The highest BCUT2D eigenvalue weighted by Gasteiger charge is 2.15. The lowest BCUT2D eigenvalue weighted by atomic mass is 10.1. The number of halogens is 1. The summed E-state index contributed by atoms with van der Waals surface area (Å²) < 4.78 is 5.20. The number of carboxylic acid groups (broad SMARTS) is 1. The van der Waals surface area contributed by atoms with Crippen LogP contribution in [0.2, 0.25) is 0 Å². The molecule has 1 rings (SSSR count). The summed E-state index contributed by atoms with van der Waals surface area (Å²) in [6, 6.07) is 1.50. The van der Waals surface area contributed by atoms with E-state index in [1.54, 1.807) is 0 Å². The minimum Gasteiger partial charge on any atom is -1.00 e. The molecule has 0 aliphatic rings. The zero-order chi connectivity index (χ0) is 10.7. The molecule has 3 N–H and O–H groups in total. The summed E-state index contributed by atoms with van der Waals surface area (Å²) in [7, 11) is 0. The monoisotopic (exact) mass is 232 g/mol. The third kappa shape index (κ3) is 3.57. The molecule has 0 fully saturated rings. The van der Waals surface area contributed by atoms with Crippen LogP contribution in [0.25, 0.3) is 0 Å². The Morgan fingerprint density at radius 1 is 1.60 bits per heavy atom. The molecule has 0 saturated carbocycles. The van der Waals surface area contributed by atoms with Crippen molar-refractivity contribution < 1.29 is 26.7 Å². The van der Waals surface area contributed by atoms with Crippen LogP contribution in [0.5, 0.6) is 0 Å². The summed E-state index contributed by atoms with van der Waals surface area (Å²) >= 11 is 0. The second kappa shape index (κ2) is 5.78. The molecule has 1 aromatic rings. The molecule has 4 nitrogen and oxygen atoms in total. The highest BCUT2D eigenvalue weighted by atomic mass is 35.5. The van der Waals surface area contributed by atoms with Crippen LogP contribution >= 0.6 is 0 Å². The van der Waals surface area contributed by atoms with Crippen molar-refractivity contribution in [3.05, 3.63) is 23.2 Å². The smallest absolute Gasteiger partial charge is 0.371 e. The Hall–Kier alpha value is -1.00. The van der Waals surface area contributed by atoms with Crippen LogP contribution in [0.4, 0.5) is 0 Å². The molecule has 0 atom stereocenters. The number of rotatable bonds is 4. The van der Waals surface area contributed by atoms with Crippen LogP contribution in [0.3, 0.4) is 0 Å². The van der Waals surface area contributed by atoms with Crippen molar-refractivity contribution in [2.75, 3.05) is 0 Å². The van der Waals surface area contributed by atoms with Crippen LogP contribution in [0, 0.1) is 5.92 Å². The van der Waals surface area contributed by atoms with Crippen molar-refractivity contribution >= 4 is 5.97 Å².